The van der Waals surface area contributed by atoms with Crippen molar-refractivity contribution in [3.05, 3.63) is 90.0 Å². The molecule has 0 fully saturated rings. The maximum atomic E-state index is 12.4. The van der Waals surface area contributed by atoms with E-state index in [2.05, 4.69) is 6.92 Å². The number of carbonyl (C=O) groups excluding carboxylic acids is 2. The average molecular weight is 521 g/mol. The molecule has 196 valence electrons. The van der Waals surface area contributed by atoms with Gasteiger partial charge in [-0.3, -0.25) is 4.79 Å². The van der Waals surface area contributed by atoms with Gasteiger partial charge in [-0.15, -0.1) is 11.6 Å². The zero-order chi connectivity index (χ0) is 26.3. The van der Waals surface area contributed by atoms with Gasteiger partial charge in [0.15, 0.2) is 0 Å². The van der Waals surface area contributed by atoms with E-state index in [1.165, 1.54) is 32.1 Å². The maximum Gasteiger partial charge on any atom is 0.338 e. The Labute approximate surface area is 226 Å². The first kappa shape index (κ1) is 28.5. The van der Waals surface area contributed by atoms with Crippen molar-refractivity contribution in [2.24, 2.45) is 0 Å². The summed E-state index contributed by atoms with van der Waals surface area (Å²) in [6, 6.07) is 24.5. The lowest BCUT2D eigenvalue weighted by Gasteiger charge is -2.11. The van der Waals surface area contributed by atoms with Gasteiger partial charge in [0.25, 0.3) is 0 Å². The minimum absolute atomic E-state index is 0.149. The third kappa shape index (κ3) is 10.4. The summed E-state index contributed by atoms with van der Waals surface area (Å²) in [6.45, 7) is 2.36. The Morgan fingerprint density at radius 3 is 2.00 bits per heavy atom. The molecule has 0 spiro atoms. The number of benzene rings is 3. The smallest absolute Gasteiger partial charge is 0.338 e. The highest BCUT2D eigenvalue weighted by atomic mass is 35.5. The van der Waals surface area contributed by atoms with Crippen LogP contribution in [0.15, 0.2) is 78.9 Å². The number of alkyl halides is 1. The van der Waals surface area contributed by atoms with Crippen molar-refractivity contribution in [3.8, 4) is 16.9 Å². The van der Waals surface area contributed by atoms with Crippen LogP contribution in [-0.4, -0.2) is 23.9 Å². The van der Waals surface area contributed by atoms with Gasteiger partial charge in [-0.05, 0) is 53.8 Å². The second-order valence-electron chi connectivity index (χ2n) is 9.33. The first-order valence-corrected chi connectivity index (χ1v) is 13.7. The fraction of sp³-hybridized carbons (Fsp3) is 0.375. The normalized spacial score (nSPS) is 11.6. The van der Waals surface area contributed by atoms with Gasteiger partial charge < -0.3 is 9.47 Å². The largest absolute Gasteiger partial charge is 0.461 e. The molecule has 0 amide bonds. The molecule has 1 atom stereocenters. The standard InChI is InChI=1S/C32H37ClO4/c1-2-3-4-5-6-7-11-14-31(34)37-30-21-19-27(20-22-30)26-15-17-28(18-16-26)32(35)36-24-29(33)23-25-12-9-8-10-13-25/h8-10,12-13,15-22,29H,2-7,11,14,23-24H2,1H3. The second-order valence-corrected chi connectivity index (χ2v) is 9.95. The molecule has 5 heteroatoms. The van der Waals surface area contributed by atoms with Crippen molar-refractivity contribution in [3.63, 3.8) is 0 Å². The van der Waals surface area contributed by atoms with Crippen LogP contribution in [0.2, 0.25) is 0 Å². The number of hydrogen-bond donors (Lipinski definition) is 0. The summed E-state index contributed by atoms with van der Waals surface area (Å²) in [5, 5.41) is -0.284. The van der Waals surface area contributed by atoms with Crippen molar-refractivity contribution >= 4 is 23.5 Å². The molecule has 0 radical (unpaired) electrons. The van der Waals surface area contributed by atoms with Crippen molar-refractivity contribution < 1.29 is 19.1 Å². The highest BCUT2D eigenvalue weighted by molar-refractivity contribution is 6.20. The molecule has 3 rings (SSSR count). The van der Waals surface area contributed by atoms with Gasteiger partial charge in [-0.25, -0.2) is 4.79 Å². The van der Waals surface area contributed by atoms with Crippen molar-refractivity contribution in [2.75, 3.05) is 6.61 Å². The molecule has 3 aromatic rings. The Balaban J connectivity index is 1.41. The molecule has 0 aromatic heterocycles. The highest BCUT2D eigenvalue weighted by Crippen LogP contribution is 2.24. The van der Waals surface area contributed by atoms with E-state index in [4.69, 9.17) is 21.1 Å². The third-order valence-corrected chi connectivity index (χ3v) is 6.50. The van der Waals surface area contributed by atoms with Crippen LogP contribution < -0.4 is 4.74 Å². The van der Waals surface area contributed by atoms with Crippen molar-refractivity contribution in [1.29, 1.82) is 0 Å². The number of halogens is 1. The van der Waals surface area contributed by atoms with Crippen molar-refractivity contribution in [1.82, 2.24) is 0 Å². The van der Waals surface area contributed by atoms with Gasteiger partial charge in [0.1, 0.15) is 12.4 Å². The summed E-state index contributed by atoms with van der Waals surface area (Å²) in [5.74, 6) is -0.0383. The lowest BCUT2D eigenvalue weighted by Crippen LogP contribution is -2.16. The minimum atomic E-state index is -0.395. The van der Waals surface area contributed by atoms with Crippen LogP contribution in [0.4, 0.5) is 0 Å². The molecule has 0 saturated carbocycles. The minimum Gasteiger partial charge on any atom is -0.461 e. The predicted molar refractivity (Wildman–Crippen MR) is 150 cm³/mol. The number of carbonyl (C=O) groups is 2. The Kier molecular flexibility index (Phi) is 12.2. The van der Waals surface area contributed by atoms with Crippen LogP contribution in [-0.2, 0) is 16.0 Å². The zero-order valence-electron chi connectivity index (χ0n) is 21.7. The fourth-order valence-corrected chi connectivity index (χ4v) is 4.34. The molecule has 0 aliphatic rings. The summed E-state index contributed by atoms with van der Waals surface area (Å²) in [6.07, 6.45) is 9.27. The Bertz CT molecular complexity index is 1080. The molecule has 0 N–H and O–H groups in total. The van der Waals surface area contributed by atoms with E-state index in [1.807, 2.05) is 54.6 Å². The molecule has 0 aliphatic heterocycles. The first-order chi connectivity index (χ1) is 18.0. The number of hydrogen-bond acceptors (Lipinski definition) is 4. The third-order valence-electron chi connectivity index (χ3n) is 6.22. The second kappa shape index (κ2) is 15.9. The average Bonchev–Trinajstić information content (AvgIpc) is 2.92. The van der Waals surface area contributed by atoms with Crippen molar-refractivity contribution in [2.45, 2.75) is 70.1 Å². The molecule has 0 bridgehead atoms. The van der Waals surface area contributed by atoms with Crippen LogP contribution in [0, 0.1) is 0 Å². The van der Waals surface area contributed by atoms with Crippen LogP contribution in [0.1, 0.15) is 74.2 Å². The van der Waals surface area contributed by atoms with Crippen LogP contribution in [0.3, 0.4) is 0 Å². The van der Waals surface area contributed by atoms with E-state index >= 15 is 0 Å². The molecular formula is C32H37ClO4. The molecular weight excluding hydrogens is 484 g/mol. The first-order valence-electron chi connectivity index (χ1n) is 13.3. The lowest BCUT2D eigenvalue weighted by molar-refractivity contribution is -0.134. The molecule has 37 heavy (non-hydrogen) atoms. The summed E-state index contributed by atoms with van der Waals surface area (Å²) in [4.78, 5) is 24.5. The topological polar surface area (TPSA) is 52.6 Å². The molecule has 0 saturated heterocycles. The number of ether oxygens (including phenoxy) is 2. The molecule has 0 aliphatic carbocycles. The predicted octanol–water partition coefficient (Wildman–Crippen LogP) is 8.41. The molecule has 3 aromatic carbocycles. The summed E-state index contributed by atoms with van der Waals surface area (Å²) in [5.41, 5.74) is 3.51. The van der Waals surface area contributed by atoms with Crippen LogP contribution in [0.25, 0.3) is 11.1 Å². The number of esters is 2. The zero-order valence-corrected chi connectivity index (χ0v) is 22.4. The lowest BCUT2D eigenvalue weighted by atomic mass is 10.0. The van der Waals surface area contributed by atoms with E-state index in [9.17, 15) is 9.59 Å². The number of rotatable bonds is 15. The van der Waals surface area contributed by atoms with E-state index < -0.39 is 5.97 Å². The summed E-state index contributed by atoms with van der Waals surface area (Å²) in [7, 11) is 0. The van der Waals surface area contributed by atoms with Gasteiger partial charge in [-0.1, -0.05) is 100 Å². The quantitative estimate of drug-likeness (QED) is 0.0873. The highest BCUT2D eigenvalue weighted by Gasteiger charge is 2.12. The summed E-state index contributed by atoms with van der Waals surface area (Å²) >= 11 is 6.34. The monoisotopic (exact) mass is 520 g/mol. The van der Waals surface area contributed by atoms with E-state index in [-0.39, 0.29) is 18.0 Å². The Hall–Kier alpha value is -3.11. The van der Waals surface area contributed by atoms with Crippen LogP contribution >= 0.6 is 11.6 Å². The van der Waals surface area contributed by atoms with E-state index in [1.54, 1.807) is 24.3 Å². The van der Waals surface area contributed by atoms with Gasteiger partial charge in [0.2, 0.25) is 0 Å². The fourth-order valence-electron chi connectivity index (χ4n) is 4.10. The Morgan fingerprint density at radius 1 is 0.757 bits per heavy atom. The van der Waals surface area contributed by atoms with Gasteiger partial charge in [-0.2, -0.15) is 0 Å². The SMILES string of the molecule is CCCCCCCCCC(=O)Oc1ccc(-c2ccc(C(=O)OCC(Cl)Cc3ccccc3)cc2)cc1. The summed E-state index contributed by atoms with van der Waals surface area (Å²) < 4.78 is 10.9. The van der Waals surface area contributed by atoms with Gasteiger partial charge in [0.05, 0.1) is 10.9 Å². The van der Waals surface area contributed by atoms with E-state index in [0.29, 0.717) is 24.2 Å². The molecule has 4 nitrogen and oxygen atoms in total. The molecule has 0 heterocycles. The van der Waals surface area contributed by atoms with Crippen LogP contribution in [0.5, 0.6) is 5.75 Å². The molecule has 1 unspecified atom stereocenters. The van der Waals surface area contributed by atoms with Gasteiger partial charge in [0, 0.05) is 6.42 Å². The van der Waals surface area contributed by atoms with E-state index in [0.717, 1.165) is 29.5 Å². The maximum absolute atomic E-state index is 12.4. The Morgan fingerprint density at radius 2 is 1.35 bits per heavy atom. The number of unbranched alkanes of at least 4 members (excludes halogenated alkanes) is 6. The van der Waals surface area contributed by atoms with Gasteiger partial charge >= 0.3 is 11.9 Å².